The minimum Gasteiger partial charge on any atom is -0.462 e. The lowest BCUT2D eigenvalue weighted by molar-refractivity contribution is -0.135. The zero-order chi connectivity index (χ0) is 16.4. The Morgan fingerprint density at radius 2 is 2.13 bits per heavy atom. The Morgan fingerprint density at radius 1 is 1.30 bits per heavy atom. The number of cyclic esters (lactones) is 1. The number of rotatable bonds is 0. The van der Waals surface area contributed by atoms with E-state index < -0.39 is 0 Å². The van der Waals surface area contributed by atoms with E-state index in [1.807, 2.05) is 6.92 Å². The zero-order valence-electron chi connectivity index (χ0n) is 14.3. The van der Waals surface area contributed by atoms with E-state index in [1.54, 1.807) is 6.08 Å². The molecule has 0 aromatic carbocycles. The molecule has 3 unspecified atom stereocenters. The maximum Gasteiger partial charge on any atom is 0.333 e. The van der Waals surface area contributed by atoms with Crippen LogP contribution in [0.25, 0.3) is 0 Å². The Morgan fingerprint density at radius 3 is 2.78 bits per heavy atom. The molecular weight excluding hydrogens is 290 g/mol. The predicted molar refractivity (Wildman–Crippen MR) is 90.0 cm³/mol. The molecule has 2 saturated carbocycles. The number of ether oxygens (including phenoxy) is 1. The molecule has 0 N–H and O–H groups in total. The number of oxime groups is 1. The van der Waals surface area contributed by atoms with E-state index in [9.17, 15) is 4.79 Å². The van der Waals surface area contributed by atoms with Gasteiger partial charge in [0.05, 0.1) is 12.3 Å². The second-order valence-corrected chi connectivity index (χ2v) is 7.33. The summed E-state index contributed by atoms with van der Waals surface area (Å²) >= 11 is 0. The average Bonchev–Trinajstić information content (AvgIpc) is 3.12. The van der Waals surface area contributed by atoms with Gasteiger partial charge in [-0.05, 0) is 50.9 Å². The molecule has 1 saturated heterocycles. The van der Waals surface area contributed by atoms with Crippen LogP contribution in [0.5, 0.6) is 0 Å². The summed E-state index contributed by atoms with van der Waals surface area (Å²) in [5.41, 5.74) is 3.85. The first kappa shape index (κ1) is 16.3. The van der Waals surface area contributed by atoms with Crippen molar-refractivity contribution in [3.8, 4) is 0 Å². The molecule has 4 nitrogen and oxygen atoms in total. The van der Waals surface area contributed by atoms with E-state index in [2.05, 4.69) is 23.4 Å². The third kappa shape index (κ3) is 3.08. The maximum absolute atomic E-state index is 10.5. The standard InChI is InChI=1S/C13H19NO.C6H8O2/c1-9-3-5-11-10(7-9)4-6-12-13(11,2)8-15-14-12;1-2-5-3-4-8-6(5)7/h10-11H,1,3-8H2,2H3;2H,3-4H2,1H3/b;5-2+. The molecule has 3 atom stereocenters. The smallest absolute Gasteiger partial charge is 0.333 e. The van der Waals surface area contributed by atoms with Crippen LogP contribution >= 0.6 is 0 Å². The van der Waals surface area contributed by atoms with Gasteiger partial charge < -0.3 is 9.57 Å². The molecule has 4 rings (SSSR count). The summed E-state index contributed by atoms with van der Waals surface area (Å²) in [5.74, 6) is 1.49. The number of hydrogen-bond acceptors (Lipinski definition) is 4. The van der Waals surface area contributed by atoms with Gasteiger partial charge >= 0.3 is 5.97 Å². The largest absolute Gasteiger partial charge is 0.462 e. The fourth-order valence-electron chi connectivity index (χ4n) is 4.47. The molecule has 2 heterocycles. The van der Waals surface area contributed by atoms with Gasteiger partial charge in [-0.15, -0.1) is 0 Å². The summed E-state index contributed by atoms with van der Waals surface area (Å²) in [5, 5.41) is 4.23. The molecule has 0 spiro atoms. The van der Waals surface area contributed by atoms with Crippen LogP contribution in [0.1, 0.15) is 52.4 Å². The summed E-state index contributed by atoms with van der Waals surface area (Å²) in [6.45, 7) is 9.74. The van der Waals surface area contributed by atoms with Crippen LogP contribution < -0.4 is 0 Å². The van der Waals surface area contributed by atoms with E-state index >= 15 is 0 Å². The summed E-state index contributed by atoms with van der Waals surface area (Å²) < 4.78 is 4.65. The molecule has 2 aliphatic heterocycles. The predicted octanol–water partition coefficient (Wildman–Crippen LogP) is 4.02. The lowest BCUT2D eigenvalue weighted by Gasteiger charge is -2.46. The van der Waals surface area contributed by atoms with Crippen molar-refractivity contribution in [2.24, 2.45) is 22.4 Å². The SMILES string of the molecule is C/C=C1\CCOC1=O.C=C1CCC2C(CCC3=NOCC32C)C1. The number of allylic oxidation sites excluding steroid dienone is 2. The lowest BCUT2D eigenvalue weighted by atomic mass is 9.57. The van der Waals surface area contributed by atoms with E-state index in [0.717, 1.165) is 36.9 Å². The summed E-state index contributed by atoms with van der Waals surface area (Å²) in [7, 11) is 0. The van der Waals surface area contributed by atoms with Crippen molar-refractivity contribution in [2.45, 2.75) is 52.4 Å². The fourth-order valence-corrected chi connectivity index (χ4v) is 4.47. The molecule has 3 fully saturated rings. The van der Waals surface area contributed by atoms with Gasteiger partial charge in [-0.2, -0.15) is 0 Å². The molecule has 0 aromatic heterocycles. The first-order valence-electron chi connectivity index (χ1n) is 8.73. The van der Waals surface area contributed by atoms with Gasteiger partial charge in [-0.1, -0.05) is 30.3 Å². The second kappa shape index (κ2) is 6.50. The Kier molecular flexibility index (Phi) is 4.60. The summed E-state index contributed by atoms with van der Waals surface area (Å²) in [6, 6.07) is 0. The highest BCUT2D eigenvalue weighted by molar-refractivity contribution is 5.91. The third-order valence-electron chi connectivity index (χ3n) is 5.91. The zero-order valence-corrected chi connectivity index (χ0v) is 14.3. The van der Waals surface area contributed by atoms with E-state index in [4.69, 9.17) is 4.84 Å². The van der Waals surface area contributed by atoms with E-state index in [1.165, 1.54) is 37.0 Å². The quantitative estimate of drug-likeness (QED) is 0.385. The van der Waals surface area contributed by atoms with Crippen molar-refractivity contribution in [3.63, 3.8) is 0 Å². The number of nitrogens with zero attached hydrogens (tertiary/aromatic N) is 1. The lowest BCUT2D eigenvalue weighted by Crippen LogP contribution is -2.45. The van der Waals surface area contributed by atoms with Crippen molar-refractivity contribution in [2.75, 3.05) is 13.2 Å². The van der Waals surface area contributed by atoms with Crippen molar-refractivity contribution in [1.82, 2.24) is 0 Å². The number of hydrogen-bond donors (Lipinski definition) is 0. The first-order valence-corrected chi connectivity index (χ1v) is 8.73. The Bertz CT molecular complexity index is 563. The molecule has 0 aromatic rings. The molecule has 2 aliphatic carbocycles. The van der Waals surface area contributed by atoms with Crippen molar-refractivity contribution >= 4 is 11.7 Å². The number of fused-ring (bicyclic) bond motifs is 3. The van der Waals surface area contributed by atoms with Gasteiger partial charge in [0.2, 0.25) is 0 Å². The normalized spacial score (nSPS) is 37.1. The van der Waals surface area contributed by atoms with Crippen LogP contribution in [0.2, 0.25) is 0 Å². The van der Waals surface area contributed by atoms with E-state index in [0.29, 0.717) is 6.61 Å². The highest BCUT2D eigenvalue weighted by Crippen LogP contribution is 2.52. The number of esters is 1. The van der Waals surface area contributed by atoms with Crippen molar-refractivity contribution in [3.05, 3.63) is 23.8 Å². The maximum atomic E-state index is 10.5. The molecule has 0 amide bonds. The van der Waals surface area contributed by atoms with Crippen LogP contribution in [0, 0.1) is 17.3 Å². The molecule has 0 bridgehead atoms. The number of carbonyl (C=O) groups is 1. The van der Waals surface area contributed by atoms with E-state index in [-0.39, 0.29) is 11.4 Å². The average molecular weight is 317 g/mol. The molecule has 0 radical (unpaired) electrons. The van der Waals surface area contributed by atoms with Gasteiger partial charge in [0, 0.05) is 17.4 Å². The molecule has 126 valence electrons. The highest BCUT2D eigenvalue weighted by atomic mass is 16.6. The molecule has 4 aliphatic rings. The summed E-state index contributed by atoms with van der Waals surface area (Å²) in [6.07, 6.45) is 8.77. The minimum atomic E-state index is -0.146. The first-order chi connectivity index (χ1) is 11.0. The molecule has 23 heavy (non-hydrogen) atoms. The Hall–Kier alpha value is -1.58. The fraction of sp³-hybridized carbons (Fsp3) is 0.684. The van der Waals surface area contributed by atoms with Crippen LogP contribution in [0.15, 0.2) is 29.0 Å². The van der Waals surface area contributed by atoms with Gasteiger partial charge in [-0.25, -0.2) is 4.79 Å². The third-order valence-corrected chi connectivity index (χ3v) is 5.91. The monoisotopic (exact) mass is 317 g/mol. The Balaban J connectivity index is 0.000000166. The van der Waals surface area contributed by atoms with Gasteiger partial charge in [0.1, 0.15) is 6.61 Å². The van der Waals surface area contributed by atoms with Crippen molar-refractivity contribution < 1.29 is 14.4 Å². The second-order valence-electron chi connectivity index (χ2n) is 7.33. The molecule has 4 heteroatoms. The highest BCUT2D eigenvalue weighted by Gasteiger charge is 2.50. The van der Waals surface area contributed by atoms with Crippen LogP contribution in [0.4, 0.5) is 0 Å². The minimum absolute atomic E-state index is 0.146. The van der Waals surface area contributed by atoms with Crippen molar-refractivity contribution in [1.29, 1.82) is 0 Å². The van der Waals surface area contributed by atoms with Gasteiger partial charge in [-0.3, -0.25) is 0 Å². The Labute approximate surface area is 138 Å². The van der Waals surface area contributed by atoms with Crippen LogP contribution in [-0.2, 0) is 14.4 Å². The van der Waals surface area contributed by atoms with Crippen LogP contribution in [0.3, 0.4) is 0 Å². The van der Waals surface area contributed by atoms with Gasteiger partial charge in [0.25, 0.3) is 0 Å². The van der Waals surface area contributed by atoms with Gasteiger partial charge in [0.15, 0.2) is 0 Å². The topological polar surface area (TPSA) is 47.9 Å². The molecular formula is C19H27NO3. The number of carbonyl (C=O) groups excluding carboxylic acids is 1. The summed E-state index contributed by atoms with van der Waals surface area (Å²) in [4.78, 5) is 15.9. The van der Waals surface area contributed by atoms with Crippen LogP contribution in [-0.4, -0.2) is 24.9 Å².